The van der Waals surface area contributed by atoms with Crippen LogP contribution in [0.4, 0.5) is 5.69 Å². The number of aromatic nitrogens is 2. The van der Waals surface area contributed by atoms with Crippen LogP contribution >= 0.6 is 23.4 Å². The fourth-order valence-electron chi connectivity index (χ4n) is 2.85. The van der Waals surface area contributed by atoms with Gasteiger partial charge >= 0.3 is 0 Å². The van der Waals surface area contributed by atoms with Crippen LogP contribution in [0.25, 0.3) is 0 Å². The Morgan fingerprint density at radius 3 is 2.66 bits per heavy atom. The molecule has 0 radical (unpaired) electrons. The van der Waals surface area contributed by atoms with E-state index in [4.69, 9.17) is 11.6 Å². The van der Waals surface area contributed by atoms with Crippen LogP contribution in [0.5, 0.6) is 0 Å². The van der Waals surface area contributed by atoms with Crippen molar-refractivity contribution in [2.24, 2.45) is 0 Å². The Morgan fingerprint density at radius 1 is 1.17 bits per heavy atom. The van der Waals surface area contributed by atoms with Gasteiger partial charge in [0.2, 0.25) is 5.91 Å². The quantitative estimate of drug-likeness (QED) is 0.415. The number of amides is 1. The van der Waals surface area contributed by atoms with Crippen LogP contribution in [0, 0.1) is 13.8 Å². The number of benzene rings is 2. The monoisotopic (exact) mass is 427 g/mol. The van der Waals surface area contributed by atoms with E-state index < -0.39 is 0 Å². The molecule has 0 fully saturated rings. The molecule has 7 heteroatoms. The molecule has 0 saturated carbocycles. The van der Waals surface area contributed by atoms with E-state index in [0.717, 1.165) is 16.9 Å². The highest BCUT2D eigenvalue weighted by Crippen LogP contribution is 2.21. The summed E-state index contributed by atoms with van der Waals surface area (Å²) in [5.74, 6) is 0.556. The first-order chi connectivity index (χ1) is 13.9. The Labute approximate surface area is 178 Å². The van der Waals surface area contributed by atoms with Gasteiger partial charge in [0, 0.05) is 34.1 Å². The molecular formula is C22H22ClN3O2S. The van der Waals surface area contributed by atoms with E-state index in [-0.39, 0.29) is 17.9 Å². The number of thioether (sulfide) groups is 1. The van der Waals surface area contributed by atoms with E-state index >= 15 is 0 Å². The normalized spacial score (nSPS) is 10.7. The molecule has 1 amide bonds. The zero-order valence-corrected chi connectivity index (χ0v) is 17.9. The SMILES string of the molecule is Cc1ccc(Cl)cc1NC(=O)CCc1c(C)nc(SCc2ccccc2)[nH]c1=O. The molecule has 5 nitrogen and oxygen atoms in total. The summed E-state index contributed by atoms with van der Waals surface area (Å²) < 4.78 is 0. The summed E-state index contributed by atoms with van der Waals surface area (Å²) in [6.45, 7) is 3.70. The first-order valence-corrected chi connectivity index (χ1v) is 10.6. The summed E-state index contributed by atoms with van der Waals surface area (Å²) in [6, 6.07) is 15.3. The maximum Gasteiger partial charge on any atom is 0.254 e. The Morgan fingerprint density at radius 2 is 1.93 bits per heavy atom. The first-order valence-electron chi connectivity index (χ1n) is 9.25. The van der Waals surface area contributed by atoms with Crippen LogP contribution in [0.3, 0.4) is 0 Å². The van der Waals surface area contributed by atoms with Crippen molar-refractivity contribution in [3.63, 3.8) is 0 Å². The lowest BCUT2D eigenvalue weighted by Crippen LogP contribution is -2.20. The number of carbonyl (C=O) groups is 1. The Balaban J connectivity index is 1.61. The largest absolute Gasteiger partial charge is 0.326 e. The maximum absolute atomic E-state index is 12.5. The highest BCUT2D eigenvalue weighted by Gasteiger charge is 2.12. The van der Waals surface area contributed by atoms with Crippen molar-refractivity contribution in [2.75, 3.05) is 5.32 Å². The number of aryl methyl sites for hydroxylation is 2. The van der Waals surface area contributed by atoms with E-state index in [1.54, 1.807) is 19.1 Å². The Kier molecular flexibility index (Phi) is 7.12. The summed E-state index contributed by atoms with van der Waals surface area (Å²) in [5.41, 5.74) is 3.76. The van der Waals surface area contributed by atoms with Gasteiger partial charge in [0.05, 0.1) is 0 Å². The maximum atomic E-state index is 12.5. The van der Waals surface area contributed by atoms with Crippen molar-refractivity contribution in [3.05, 3.63) is 86.3 Å². The average Bonchev–Trinajstić information content (AvgIpc) is 2.69. The number of nitrogens with one attached hydrogen (secondary N) is 2. The van der Waals surface area contributed by atoms with Crippen molar-refractivity contribution in [2.45, 2.75) is 37.6 Å². The molecule has 0 spiro atoms. The summed E-state index contributed by atoms with van der Waals surface area (Å²) in [7, 11) is 0. The van der Waals surface area contributed by atoms with Crippen LogP contribution in [-0.2, 0) is 17.0 Å². The Hall–Kier alpha value is -2.57. The lowest BCUT2D eigenvalue weighted by molar-refractivity contribution is -0.116. The molecule has 29 heavy (non-hydrogen) atoms. The number of hydrogen-bond acceptors (Lipinski definition) is 4. The second-order valence-electron chi connectivity index (χ2n) is 6.72. The molecule has 1 heterocycles. The van der Waals surface area contributed by atoms with Gasteiger partial charge in [-0.15, -0.1) is 0 Å². The van der Waals surface area contributed by atoms with Crippen LogP contribution < -0.4 is 10.9 Å². The predicted octanol–water partition coefficient (Wildman–Crippen LogP) is 4.90. The third-order valence-electron chi connectivity index (χ3n) is 4.49. The van der Waals surface area contributed by atoms with Gasteiger partial charge in [0.15, 0.2) is 5.16 Å². The van der Waals surface area contributed by atoms with Gasteiger partial charge in [-0.1, -0.05) is 59.8 Å². The molecule has 0 saturated heterocycles. The summed E-state index contributed by atoms with van der Waals surface area (Å²) in [6.07, 6.45) is 0.511. The number of H-pyrrole nitrogens is 1. The average molecular weight is 428 g/mol. The number of halogens is 1. The van der Waals surface area contributed by atoms with Crippen molar-refractivity contribution < 1.29 is 4.79 Å². The zero-order chi connectivity index (χ0) is 20.8. The zero-order valence-electron chi connectivity index (χ0n) is 16.3. The topological polar surface area (TPSA) is 74.8 Å². The van der Waals surface area contributed by atoms with Gasteiger partial charge in [0.1, 0.15) is 0 Å². The third-order valence-corrected chi connectivity index (χ3v) is 5.67. The van der Waals surface area contributed by atoms with Crippen LogP contribution in [0.1, 0.15) is 28.8 Å². The summed E-state index contributed by atoms with van der Waals surface area (Å²) >= 11 is 7.47. The van der Waals surface area contributed by atoms with Gasteiger partial charge in [0.25, 0.3) is 5.56 Å². The minimum absolute atomic E-state index is 0.170. The van der Waals surface area contributed by atoms with Crippen molar-refractivity contribution in [1.82, 2.24) is 9.97 Å². The van der Waals surface area contributed by atoms with E-state index in [2.05, 4.69) is 15.3 Å². The molecule has 0 atom stereocenters. The molecule has 1 aromatic heterocycles. The standard InChI is InChI=1S/C22H22ClN3O2S/c1-14-8-9-17(23)12-19(14)25-20(27)11-10-18-15(2)24-22(26-21(18)28)29-13-16-6-4-3-5-7-16/h3-9,12H,10-11,13H2,1-2H3,(H,25,27)(H,24,26,28). The van der Waals surface area contributed by atoms with Crippen molar-refractivity contribution in [3.8, 4) is 0 Å². The summed E-state index contributed by atoms with van der Waals surface area (Å²) in [4.78, 5) is 32.1. The number of anilines is 1. The molecule has 0 aliphatic carbocycles. The van der Waals surface area contributed by atoms with Crippen molar-refractivity contribution >= 4 is 35.0 Å². The van der Waals surface area contributed by atoms with E-state index in [9.17, 15) is 9.59 Å². The predicted molar refractivity (Wildman–Crippen MR) is 119 cm³/mol. The van der Waals surface area contributed by atoms with Gasteiger partial charge in [-0.25, -0.2) is 4.98 Å². The molecule has 3 aromatic rings. The van der Waals surface area contributed by atoms with E-state index in [1.807, 2.05) is 43.3 Å². The highest BCUT2D eigenvalue weighted by molar-refractivity contribution is 7.98. The van der Waals surface area contributed by atoms with Gasteiger partial charge in [-0.05, 0) is 43.5 Å². The molecule has 3 rings (SSSR count). The smallest absolute Gasteiger partial charge is 0.254 e. The third kappa shape index (κ3) is 5.95. The number of nitrogens with zero attached hydrogens (tertiary/aromatic N) is 1. The molecule has 2 aromatic carbocycles. The number of aromatic amines is 1. The van der Waals surface area contributed by atoms with Gasteiger partial charge < -0.3 is 10.3 Å². The van der Waals surface area contributed by atoms with E-state index in [1.165, 1.54) is 11.8 Å². The highest BCUT2D eigenvalue weighted by atomic mass is 35.5. The Bertz CT molecular complexity index is 1070. The molecule has 2 N–H and O–H groups in total. The second-order valence-corrected chi connectivity index (χ2v) is 8.12. The molecular weight excluding hydrogens is 406 g/mol. The van der Waals surface area contributed by atoms with E-state index in [0.29, 0.717) is 33.5 Å². The fraction of sp³-hybridized carbons (Fsp3) is 0.227. The fourth-order valence-corrected chi connectivity index (χ4v) is 3.89. The minimum Gasteiger partial charge on any atom is -0.326 e. The van der Waals surface area contributed by atoms with Gasteiger partial charge in [-0.3, -0.25) is 9.59 Å². The van der Waals surface area contributed by atoms with Gasteiger partial charge in [-0.2, -0.15) is 0 Å². The van der Waals surface area contributed by atoms with Crippen LogP contribution in [0.2, 0.25) is 5.02 Å². The van der Waals surface area contributed by atoms with Crippen LogP contribution in [-0.4, -0.2) is 15.9 Å². The molecule has 0 aliphatic rings. The lowest BCUT2D eigenvalue weighted by atomic mass is 10.1. The minimum atomic E-state index is -0.195. The molecule has 0 bridgehead atoms. The van der Waals surface area contributed by atoms with Crippen LogP contribution in [0.15, 0.2) is 58.5 Å². The number of rotatable bonds is 7. The molecule has 0 aliphatic heterocycles. The molecule has 150 valence electrons. The van der Waals surface area contributed by atoms with Crippen molar-refractivity contribution in [1.29, 1.82) is 0 Å². The summed E-state index contributed by atoms with van der Waals surface area (Å²) in [5, 5.41) is 3.99. The lowest BCUT2D eigenvalue weighted by Gasteiger charge is -2.10. The first kappa shape index (κ1) is 21.1. The number of hydrogen-bond donors (Lipinski definition) is 2. The number of carbonyl (C=O) groups excluding carboxylic acids is 1. The second kappa shape index (κ2) is 9.76. The molecule has 0 unspecified atom stereocenters.